The van der Waals surface area contributed by atoms with E-state index in [-0.39, 0.29) is 17.2 Å². The van der Waals surface area contributed by atoms with E-state index < -0.39 is 0 Å². The maximum Gasteiger partial charge on any atom is 0.224 e. The lowest BCUT2D eigenvalue weighted by atomic mass is 9.94. The van der Waals surface area contributed by atoms with Gasteiger partial charge < -0.3 is 14.6 Å². The minimum absolute atomic E-state index is 0.00970. The maximum absolute atomic E-state index is 12.3. The summed E-state index contributed by atoms with van der Waals surface area (Å²) in [5.41, 5.74) is 2.29. The van der Waals surface area contributed by atoms with Gasteiger partial charge in [-0.2, -0.15) is 0 Å². The molecule has 0 spiro atoms. The number of ether oxygens (including phenoxy) is 1. The molecule has 6 nitrogen and oxygen atoms in total. The summed E-state index contributed by atoms with van der Waals surface area (Å²) in [4.78, 5) is 18.6. The Kier molecular flexibility index (Phi) is 7.47. The molecular weight excluding hydrogens is 420 g/mol. The smallest absolute Gasteiger partial charge is 0.224 e. The van der Waals surface area contributed by atoms with Crippen LogP contribution < -0.4 is 5.32 Å². The van der Waals surface area contributed by atoms with E-state index in [1.54, 1.807) is 11.9 Å². The molecule has 3 heterocycles. The highest BCUT2D eigenvalue weighted by molar-refractivity contribution is 7.97. The average Bonchev–Trinajstić information content (AvgIpc) is 3.13. The van der Waals surface area contributed by atoms with Crippen LogP contribution in [0.25, 0.3) is 11.0 Å². The number of amides is 1. The van der Waals surface area contributed by atoms with E-state index in [4.69, 9.17) is 9.72 Å². The van der Waals surface area contributed by atoms with E-state index in [2.05, 4.69) is 53.2 Å². The minimum atomic E-state index is -0.00970. The number of benzene rings is 1. The van der Waals surface area contributed by atoms with E-state index in [1.807, 2.05) is 6.92 Å². The van der Waals surface area contributed by atoms with Crippen molar-refractivity contribution < 1.29 is 9.53 Å². The van der Waals surface area contributed by atoms with E-state index in [0.717, 1.165) is 69.9 Å². The van der Waals surface area contributed by atoms with Crippen molar-refractivity contribution in [2.75, 3.05) is 32.8 Å². The van der Waals surface area contributed by atoms with Crippen LogP contribution in [-0.4, -0.2) is 52.6 Å². The summed E-state index contributed by atoms with van der Waals surface area (Å²) in [5, 5.41) is 2.98. The second-order valence-corrected chi connectivity index (χ2v) is 11.4. The highest BCUT2D eigenvalue weighted by Gasteiger charge is 2.27. The number of aromatic nitrogens is 2. The third kappa shape index (κ3) is 5.49. The van der Waals surface area contributed by atoms with Crippen LogP contribution in [0.5, 0.6) is 0 Å². The van der Waals surface area contributed by atoms with Gasteiger partial charge in [0, 0.05) is 49.7 Å². The van der Waals surface area contributed by atoms with Gasteiger partial charge >= 0.3 is 0 Å². The van der Waals surface area contributed by atoms with Gasteiger partial charge in [0.2, 0.25) is 5.91 Å². The maximum atomic E-state index is 12.3. The fourth-order valence-electron chi connectivity index (χ4n) is 4.82. The Balaban J connectivity index is 1.54. The molecule has 1 N–H and O–H groups in total. The molecule has 7 heteroatoms. The Morgan fingerprint density at radius 2 is 2.03 bits per heavy atom. The summed E-state index contributed by atoms with van der Waals surface area (Å²) in [6.45, 7) is 14.0. The van der Waals surface area contributed by atoms with E-state index in [1.165, 1.54) is 10.4 Å². The molecule has 2 aromatic rings. The van der Waals surface area contributed by atoms with Gasteiger partial charge in [0.15, 0.2) is 0 Å². The van der Waals surface area contributed by atoms with Crippen molar-refractivity contribution in [3.05, 3.63) is 24.0 Å². The zero-order valence-corrected chi connectivity index (χ0v) is 20.8. The first-order chi connectivity index (χ1) is 15.3. The molecule has 2 fully saturated rings. The zero-order valence-electron chi connectivity index (χ0n) is 20.0. The van der Waals surface area contributed by atoms with Gasteiger partial charge in [0.1, 0.15) is 5.82 Å². The van der Waals surface area contributed by atoms with Crippen LogP contribution in [0.2, 0.25) is 0 Å². The number of nitrogens with zero attached hydrogens (tertiary/aromatic N) is 3. The van der Waals surface area contributed by atoms with Crippen molar-refractivity contribution in [2.24, 2.45) is 11.8 Å². The number of hydrogen-bond acceptors (Lipinski definition) is 5. The number of hydrogen-bond donors (Lipinski definition) is 1. The molecule has 1 amide bonds. The van der Waals surface area contributed by atoms with Gasteiger partial charge in [-0.25, -0.2) is 9.29 Å². The van der Waals surface area contributed by atoms with Crippen molar-refractivity contribution in [1.82, 2.24) is 19.2 Å². The molecule has 1 atom stereocenters. The second-order valence-electron chi connectivity index (χ2n) is 10.2. The molecule has 0 saturated carbocycles. The summed E-state index contributed by atoms with van der Waals surface area (Å²) in [5.74, 6) is 2.09. The average molecular weight is 459 g/mol. The number of piperidine rings is 1. The minimum Gasteiger partial charge on any atom is -0.381 e. The zero-order chi connectivity index (χ0) is 22.7. The molecule has 2 aliphatic heterocycles. The number of carbonyl (C=O) groups excluding carboxylic acids is 1. The van der Waals surface area contributed by atoms with E-state index in [0.29, 0.717) is 12.5 Å². The summed E-state index contributed by atoms with van der Waals surface area (Å²) in [6.07, 6.45) is 4.29. The summed E-state index contributed by atoms with van der Waals surface area (Å²) >= 11 is 1.76. The first kappa shape index (κ1) is 23.6. The van der Waals surface area contributed by atoms with Crippen LogP contribution in [0.3, 0.4) is 0 Å². The quantitative estimate of drug-likeness (QED) is 0.641. The normalized spacial score (nSPS) is 21.2. The van der Waals surface area contributed by atoms with Gasteiger partial charge in [-0.3, -0.25) is 4.79 Å². The Morgan fingerprint density at radius 3 is 2.75 bits per heavy atom. The fraction of sp³-hybridized carbons (Fsp3) is 0.680. The van der Waals surface area contributed by atoms with Crippen molar-refractivity contribution in [3.8, 4) is 0 Å². The first-order valence-corrected chi connectivity index (χ1v) is 12.9. The second kappa shape index (κ2) is 10.1. The summed E-state index contributed by atoms with van der Waals surface area (Å²) in [7, 11) is 0. The molecule has 2 saturated heterocycles. The molecule has 176 valence electrons. The molecule has 2 aliphatic rings. The van der Waals surface area contributed by atoms with Crippen LogP contribution in [0.15, 0.2) is 23.1 Å². The third-order valence-corrected chi connectivity index (χ3v) is 7.57. The van der Waals surface area contributed by atoms with Crippen LogP contribution in [0.4, 0.5) is 0 Å². The molecule has 32 heavy (non-hydrogen) atoms. The molecule has 4 rings (SSSR count). The van der Waals surface area contributed by atoms with E-state index >= 15 is 0 Å². The predicted octanol–water partition coefficient (Wildman–Crippen LogP) is 4.62. The summed E-state index contributed by atoms with van der Waals surface area (Å²) < 4.78 is 10.4. The monoisotopic (exact) mass is 458 g/mol. The predicted molar refractivity (Wildman–Crippen MR) is 131 cm³/mol. The van der Waals surface area contributed by atoms with Crippen molar-refractivity contribution in [2.45, 2.75) is 70.2 Å². The van der Waals surface area contributed by atoms with Gasteiger partial charge in [-0.15, -0.1) is 0 Å². The molecule has 0 radical (unpaired) electrons. The van der Waals surface area contributed by atoms with Gasteiger partial charge in [0.05, 0.1) is 17.0 Å². The molecular formula is C25H38N4O2S. The molecule has 1 aromatic heterocycles. The largest absolute Gasteiger partial charge is 0.381 e. The lowest BCUT2D eigenvalue weighted by Crippen LogP contribution is -2.40. The fourth-order valence-corrected chi connectivity index (χ4v) is 5.88. The lowest BCUT2D eigenvalue weighted by molar-refractivity contribution is -0.125. The standard InChI is InChI=1S/C25H38N4O2S/c1-5-26-23(30)19-7-6-12-28(17-19)32-20-8-9-22-21(15-20)27-24(25(2,3)4)29(22)16-18-10-13-31-14-11-18/h8-9,15,18-19H,5-7,10-14,16-17H2,1-4H3,(H,26,30). The van der Waals surface area contributed by atoms with Gasteiger partial charge in [-0.05, 0) is 68.7 Å². The van der Waals surface area contributed by atoms with Crippen molar-refractivity contribution >= 4 is 28.9 Å². The van der Waals surface area contributed by atoms with Crippen molar-refractivity contribution in [1.29, 1.82) is 0 Å². The molecule has 0 bridgehead atoms. The van der Waals surface area contributed by atoms with Crippen LogP contribution in [0.1, 0.15) is 59.2 Å². The lowest BCUT2D eigenvalue weighted by Gasteiger charge is -2.30. The molecule has 0 aliphatic carbocycles. The number of fused-ring (bicyclic) bond motifs is 1. The Hall–Kier alpha value is -1.57. The molecule has 1 aromatic carbocycles. The van der Waals surface area contributed by atoms with Crippen molar-refractivity contribution in [3.63, 3.8) is 0 Å². The third-order valence-electron chi connectivity index (χ3n) is 6.51. The van der Waals surface area contributed by atoms with Crippen LogP contribution in [-0.2, 0) is 21.5 Å². The van der Waals surface area contributed by atoms with E-state index in [9.17, 15) is 4.79 Å². The van der Waals surface area contributed by atoms with Crippen LogP contribution >= 0.6 is 11.9 Å². The SMILES string of the molecule is CCNC(=O)C1CCCN(Sc2ccc3c(c2)nc(C(C)(C)C)n3CC2CCOCC2)C1. The number of carbonyl (C=O) groups is 1. The molecule has 1 unspecified atom stereocenters. The number of nitrogens with one attached hydrogen (secondary N) is 1. The number of imidazole rings is 1. The highest BCUT2D eigenvalue weighted by Crippen LogP contribution is 2.33. The highest BCUT2D eigenvalue weighted by atomic mass is 32.2. The Labute approximate surface area is 196 Å². The van der Waals surface area contributed by atoms with Crippen LogP contribution in [0, 0.1) is 11.8 Å². The summed E-state index contributed by atoms with van der Waals surface area (Å²) in [6, 6.07) is 6.69. The van der Waals surface area contributed by atoms with Gasteiger partial charge in [0.25, 0.3) is 0 Å². The first-order valence-electron chi connectivity index (χ1n) is 12.1. The Morgan fingerprint density at radius 1 is 1.25 bits per heavy atom. The topological polar surface area (TPSA) is 59.4 Å². The number of rotatable bonds is 6. The Bertz CT molecular complexity index is 930. The van der Waals surface area contributed by atoms with Gasteiger partial charge in [-0.1, -0.05) is 20.8 Å².